The van der Waals surface area contributed by atoms with Crippen molar-refractivity contribution in [2.45, 2.75) is 4.90 Å². The molecule has 1 heterocycles. The molecule has 8 heteroatoms. The quantitative estimate of drug-likeness (QED) is 0.458. The smallest absolute Gasteiger partial charge is 0.270 e. The average molecular weight is 312 g/mol. The normalized spacial score (nSPS) is 17.5. The summed E-state index contributed by atoms with van der Waals surface area (Å²) in [6, 6.07) is 5.18. The first kappa shape index (κ1) is 15.6. The van der Waals surface area contributed by atoms with Gasteiger partial charge in [-0.2, -0.15) is 4.31 Å². The van der Waals surface area contributed by atoms with E-state index in [2.05, 4.69) is 6.58 Å². The van der Waals surface area contributed by atoms with Crippen LogP contribution < -0.4 is 4.90 Å². The Bertz CT molecular complexity index is 637. The summed E-state index contributed by atoms with van der Waals surface area (Å²) in [6.45, 7) is 6.73. The lowest BCUT2D eigenvalue weighted by Gasteiger charge is -2.30. The summed E-state index contributed by atoms with van der Waals surface area (Å²) in [5.74, 6) is 0. The maximum absolute atomic E-state index is 12.5. The number of piperazine rings is 1. The van der Waals surface area contributed by atoms with Crippen molar-refractivity contribution < 1.29 is 18.2 Å². The van der Waals surface area contributed by atoms with Crippen molar-refractivity contribution in [1.29, 1.82) is 0 Å². The first-order valence-corrected chi connectivity index (χ1v) is 8.08. The zero-order chi connectivity index (χ0) is 15.5. The predicted octanol–water partition coefficient (Wildman–Crippen LogP) is -0.330. The molecule has 0 amide bonds. The Kier molecular flexibility index (Phi) is 4.71. The molecule has 114 valence electrons. The summed E-state index contributed by atoms with van der Waals surface area (Å²) in [7, 11) is -3.67. The van der Waals surface area contributed by atoms with Crippen LogP contribution in [-0.4, -0.2) is 50.4 Å². The third kappa shape index (κ3) is 3.46. The van der Waals surface area contributed by atoms with E-state index in [1.165, 1.54) is 27.4 Å². The minimum atomic E-state index is -3.67. The van der Waals surface area contributed by atoms with Gasteiger partial charge in [-0.25, -0.2) is 8.42 Å². The number of nitrogens with zero attached hydrogens (tertiary/aromatic N) is 2. The number of benzene rings is 1. The average Bonchev–Trinajstić information content (AvgIpc) is 2.48. The highest BCUT2D eigenvalue weighted by atomic mass is 32.2. The zero-order valence-electron chi connectivity index (χ0n) is 11.6. The summed E-state index contributed by atoms with van der Waals surface area (Å²) in [6.07, 6.45) is 1.82. The molecule has 1 aromatic carbocycles. The van der Waals surface area contributed by atoms with E-state index in [-0.39, 0.29) is 10.6 Å². The molecule has 0 spiro atoms. The fourth-order valence-corrected chi connectivity index (χ4v) is 3.84. The number of quaternary nitrogens is 1. The maximum atomic E-state index is 12.5. The molecule has 7 nitrogen and oxygen atoms in total. The number of hydrogen-bond acceptors (Lipinski definition) is 4. The highest BCUT2D eigenvalue weighted by Gasteiger charge is 2.30. The lowest BCUT2D eigenvalue weighted by Crippen LogP contribution is -3.14. The largest absolute Gasteiger partial charge is 0.330 e. The maximum Gasteiger partial charge on any atom is 0.270 e. The van der Waals surface area contributed by atoms with Crippen LogP contribution in [-0.2, 0) is 10.0 Å². The van der Waals surface area contributed by atoms with Crippen LogP contribution in [0.3, 0.4) is 0 Å². The zero-order valence-corrected chi connectivity index (χ0v) is 12.4. The first-order chi connectivity index (χ1) is 9.95. The third-order valence-electron chi connectivity index (χ3n) is 3.53. The summed E-state index contributed by atoms with van der Waals surface area (Å²) >= 11 is 0. The van der Waals surface area contributed by atoms with E-state index in [0.717, 1.165) is 12.6 Å². The molecule has 1 fully saturated rings. The topological polar surface area (TPSA) is 85.0 Å². The second-order valence-electron chi connectivity index (χ2n) is 4.90. The van der Waals surface area contributed by atoms with E-state index in [0.29, 0.717) is 26.2 Å². The molecule has 1 saturated heterocycles. The van der Waals surface area contributed by atoms with Gasteiger partial charge in [-0.05, 0) is 12.1 Å². The Labute approximate surface area is 123 Å². The highest BCUT2D eigenvalue weighted by Crippen LogP contribution is 2.20. The molecule has 0 bridgehead atoms. The molecule has 1 N–H and O–H groups in total. The van der Waals surface area contributed by atoms with E-state index in [1.807, 2.05) is 6.08 Å². The van der Waals surface area contributed by atoms with Crippen molar-refractivity contribution in [2.75, 3.05) is 32.7 Å². The van der Waals surface area contributed by atoms with Crippen molar-refractivity contribution >= 4 is 15.7 Å². The lowest BCUT2D eigenvalue weighted by atomic mass is 10.3. The van der Waals surface area contributed by atoms with Crippen LogP contribution >= 0.6 is 0 Å². The van der Waals surface area contributed by atoms with Gasteiger partial charge in [-0.15, -0.1) is 0 Å². The number of non-ortho nitro benzene ring substituents is 1. The molecular formula is C13H18N3O4S+. The van der Waals surface area contributed by atoms with E-state index >= 15 is 0 Å². The van der Waals surface area contributed by atoms with Crippen molar-refractivity contribution in [3.05, 3.63) is 47.0 Å². The number of rotatable bonds is 5. The number of hydrogen-bond donors (Lipinski definition) is 1. The molecule has 1 aliphatic rings. The first-order valence-electron chi connectivity index (χ1n) is 6.64. The SMILES string of the molecule is C=CC[NH+]1CCN(S(=O)(=O)c2cccc([N+](=O)[O-])c2)CC1. The van der Waals surface area contributed by atoms with E-state index < -0.39 is 14.9 Å². The summed E-state index contributed by atoms with van der Waals surface area (Å²) < 4.78 is 26.4. The van der Waals surface area contributed by atoms with Crippen LogP contribution in [0.15, 0.2) is 41.8 Å². The number of nitro groups is 1. The van der Waals surface area contributed by atoms with Gasteiger partial charge in [0.05, 0.1) is 42.5 Å². The van der Waals surface area contributed by atoms with Crippen LogP contribution in [0.1, 0.15) is 0 Å². The second-order valence-corrected chi connectivity index (χ2v) is 6.84. The Morgan fingerprint density at radius 1 is 1.38 bits per heavy atom. The van der Waals surface area contributed by atoms with Crippen LogP contribution in [0, 0.1) is 10.1 Å². The molecule has 0 saturated carbocycles. The highest BCUT2D eigenvalue weighted by molar-refractivity contribution is 7.89. The van der Waals surface area contributed by atoms with Gasteiger partial charge in [-0.1, -0.05) is 12.6 Å². The van der Waals surface area contributed by atoms with Crippen LogP contribution in [0.25, 0.3) is 0 Å². The Morgan fingerprint density at radius 3 is 2.62 bits per heavy atom. The van der Waals surface area contributed by atoms with Crippen LogP contribution in [0.5, 0.6) is 0 Å². The monoisotopic (exact) mass is 312 g/mol. The van der Waals surface area contributed by atoms with Crippen molar-refractivity contribution in [3.63, 3.8) is 0 Å². The number of sulfonamides is 1. The van der Waals surface area contributed by atoms with Gasteiger partial charge in [0, 0.05) is 12.1 Å². The van der Waals surface area contributed by atoms with E-state index in [1.54, 1.807) is 0 Å². The van der Waals surface area contributed by atoms with Crippen LogP contribution in [0.2, 0.25) is 0 Å². The summed E-state index contributed by atoms with van der Waals surface area (Å²) in [5.41, 5.74) is -0.216. The van der Waals surface area contributed by atoms with Crippen molar-refractivity contribution in [3.8, 4) is 0 Å². The van der Waals surface area contributed by atoms with E-state index in [9.17, 15) is 18.5 Å². The van der Waals surface area contributed by atoms with Crippen molar-refractivity contribution in [1.82, 2.24) is 4.31 Å². The Hall–Kier alpha value is -1.77. The lowest BCUT2D eigenvalue weighted by molar-refractivity contribution is -0.897. The Morgan fingerprint density at radius 2 is 2.05 bits per heavy atom. The molecule has 0 aliphatic carbocycles. The van der Waals surface area contributed by atoms with E-state index in [4.69, 9.17) is 0 Å². The van der Waals surface area contributed by atoms with Gasteiger partial charge in [0.1, 0.15) is 0 Å². The minimum Gasteiger partial charge on any atom is -0.330 e. The van der Waals surface area contributed by atoms with Gasteiger partial charge in [0.2, 0.25) is 10.0 Å². The molecule has 1 aromatic rings. The van der Waals surface area contributed by atoms with Gasteiger partial charge >= 0.3 is 0 Å². The molecule has 0 aromatic heterocycles. The number of nitrogens with one attached hydrogen (secondary N) is 1. The molecular weight excluding hydrogens is 294 g/mol. The third-order valence-corrected chi connectivity index (χ3v) is 5.42. The molecule has 0 atom stereocenters. The minimum absolute atomic E-state index is 0.0242. The summed E-state index contributed by atoms with van der Waals surface area (Å²) in [4.78, 5) is 11.4. The van der Waals surface area contributed by atoms with Gasteiger partial charge in [0.25, 0.3) is 5.69 Å². The van der Waals surface area contributed by atoms with Gasteiger partial charge in [0.15, 0.2) is 0 Å². The van der Waals surface area contributed by atoms with Gasteiger partial charge in [-0.3, -0.25) is 10.1 Å². The molecule has 21 heavy (non-hydrogen) atoms. The fraction of sp³-hybridized carbons (Fsp3) is 0.385. The molecule has 0 radical (unpaired) electrons. The molecule has 0 unspecified atom stereocenters. The molecule has 1 aliphatic heterocycles. The standard InChI is InChI=1S/C13H17N3O4S/c1-2-6-14-7-9-15(10-8-14)21(19,20)13-5-3-4-12(11-13)16(17)18/h2-5,11H,1,6-10H2/p+1. The van der Waals surface area contributed by atoms with Crippen LogP contribution in [0.4, 0.5) is 5.69 Å². The molecule has 2 rings (SSSR count). The summed E-state index contributed by atoms with van der Waals surface area (Å²) in [5, 5.41) is 10.8. The van der Waals surface area contributed by atoms with Gasteiger partial charge < -0.3 is 4.90 Å². The predicted molar refractivity (Wildman–Crippen MR) is 77.6 cm³/mol. The van der Waals surface area contributed by atoms with Crippen molar-refractivity contribution in [2.24, 2.45) is 0 Å². The number of nitro benzene ring substituents is 1. The fourth-order valence-electron chi connectivity index (χ4n) is 2.36. The Balaban J connectivity index is 2.17. The second kappa shape index (κ2) is 6.33.